The van der Waals surface area contributed by atoms with Gasteiger partial charge in [-0.05, 0) is 24.6 Å². The number of hydrogen-bond donors (Lipinski definition) is 2. The second-order valence-corrected chi connectivity index (χ2v) is 4.64. The highest BCUT2D eigenvalue weighted by molar-refractivity contribution is 5.96. The second kappa shape index (κ2) is 6.73. The topological polar surface area (TPSA) is 67.2 Å². The van der Waals surface area contributed by atoms with Crippen LogP contribution in [0.1, 0.15) is 27.0 Å². The molecule has 1 aromatic heterocycles. The molecule has 1 aromatic carbocycles. The van der Waals surface area contributed by atoms with Gasteiger partial charge in [0.25, 0.3) is 5.91 Å². The monoisotopic (exact) mass is 283 g/mol. The lowest BCUT2D eigenvalue weighted by atomic mass is 10.0. The first-order chi connectivity index (χ1) is 10.1. The minimum atomic E-state index is -0.198. The summed E-state index contributed by atoms with van der Waals surface area (Å²) in [5, 5.41) is 15.7. The highest BCUT2D eigenvalue weighted by Crippen LogP contribution is 2.13. The molecule has 0 fully saturated rings. The predicted molar refractivity (Wildman–Crippen MR) is 79.5 cm³/mol. The third-order valence-corrected chi connectivity index (χ3v) is 3.09. The summed E-state index contributed by atoms with van der Waals surface area (Å²) in [6.45, 7) is 2.08. The molecule has 0 aliphatic carbocycles. The Morgan fingerprint density at radius 2 is 2.29 bits per heavy atom. The van der Waals surface area contributed by atoms with E-state index in [4.69, 9.17) is 5.11 Å². The summed E-state index contributed by atoms with van der Waals surface area (Å²) in [7, 11) is 1.83. The van der Waals surface area contributed by atoms with Crippen molar-refractivity contribution >= 4 is 5.91 Å². The van der Waals surface area contributed by atoms with E-state index < -0.39 is 0 Å². The largest absolute Gasteiger partial charge is 0.384 e. The Bertz CT molecular complexity index is 708. The van der Waals surface area contributed by atoms with Crippen LogP contribution in [0.3, 0.4) is 0 Å². The second-order valence-electron chi connectivity index (χ2n) is 4.64. The average Bonchev–Trinajstić information content (AvgIpc) is 2.89. The van der Waals surface area contributed by atoms with Gasteiger partial charge in [0, 0.05) is 36.5 Å². The van der Waals surface area contributed by atoms with Crippen molar-refractivity contribution in [1.82, 2.24) is 15.1 Å². The van der Waals surface area contributed by atoms with E-state index in [2.05, 4.69) is 22.3 Å². The van der Waals surface area contributed by atoms with Crippen LogP contribution in [-0.4, -0.2) is 27.4 Å². The number of rotatable bonds is 3. The summed E-state index contributed by atoms with van der Waals surface area (Å²) in [4.78, 5) is 12.2. The molecule has 2 aromatic rings. The van der Waals surface area contributed by atoms with Crippen molar-refractivity contribution in [3.05, 3.63) is 52.8 Å². The molecule has 2 rings (SSSR count). The predicted octanol–water partition coefficient (Wildman–Crippen LogP) is 1.00. The van der Waals surface area contributed by atoms with Crippen LogP contribution in [0.5, 0.6) is 0 Å². The van der Waals surface area contributed by atoms with Crippen LogP contribution >= 0.6 is 0 Å². The summed E-state index contributed by atoms with van der Waals surface area (Å²) >= 11 is 0. The first kappa shape index (κ1) is 14.8. The van der Waals surface area contributed by atoms with Crippen LogP contribution in [0, 0.1) is 18.8 Å². The van der Waals surface area contributed by atoms with Crippen LogP contribution in [0.25, 0.3) is 0 Å². The molecular weight excluding hydrogens is 266 g/mol. The maximum Gasteiger partial charge on any atom is 0.251 e. The fourth-order valence-corrected chi connectivity index (χ4v) is 1.99. The first-order valence-electron chi connectivity index (χ1n) is 6.57. The van der Waals surface area contributed by atoms with Gasteiger partial charge in [-0.3, -0.25) is 9.48 Å². The zero-order valence-corrected chi connectivity index (χ0v) is 12.1. The van der Waals surface area contributed by atoms with Gasteiger partial charge in [-0.15, -0.1) is 0 Å². The molecule has 0 aliphatic rings. The van der Waals surface area contributed by atoms with Gasteiger partial charge >= 0.3 is 0 Å². The van der Waals surface area contributed by atoms with E-state index in [0.717, 1.165) is 16.7 Å². The Hall–Kier alpha value is -2.58. The Morgan fingerprint density at radius 3 is 2.95 bits per heavy atom. The van der Waals surface area contributed by atoms with E-state index >= 15 is 0 Å². The van der Waals surface area contributed by atoms with Crippen molar-refractivity contribution in [2.24, 2.45) is 7.05 Å². The Morgan fingerprint density at radius 1 is 1.48 bits per heavy atom. The van der Waals surface area contributed by atoms with Crippen molar-refractivity contribution in [2.75, 3.05) is 6.61 Å². The van der Waals surface area contributed by atoms with Crippen molar-refractivity contribution < 1.29 is 9.90 Å². The van der Waals surface area contributed by atoms with Crippen LogP contribution < -0.4 is 5.32 Å². The number of nitrogens with zero attached hydrogens (tertiary/aromatic N) is 2. The van der Waals surface area contributed by atoms with Crippen molar-refractivity contribution in [3.63, 3.8) is 0 Å². The Labute approximate surface area is 123 Å². The highest BCUT2D eigenvalue weighted by Gasteiger charge is 2.10. The van der Waals surface area contributed by atoms with Gasteiger partial charge in [0.1, 0.15) is 6.61 Å². The molecule has 1 heterocycles. The van der Waals surface area contributed by atoms with Gasteiger partial charge in [-0.25, -0.2) is 0 Å². The molecule has 0 spiro atoms. The van der Waals surface area contributed by atoms with Gasteiger partial charge in [0.15, 0.2) is 0 Å². The third-order valence-electron chi connectivity index (χ3n) is 3.09. The Kier molecular flexibility index (Phi) is 4.75. The van der Waals surface area contributed by atoms with Gasteiger partial charge in [0.2, 0.25) is 0 Å². The quantitative estimate of drug-likeness (QED) is 0.826. The lowest BCUT2D eigenvalue weighted by Gasteiger charge is -2.08. The standard InChI is InChI=1S/C16H17N3O2/c1-12-14(6-4-8-20)5-3-7-15(12)16(21)17-9-13-10-18-19(2)11-13/h3,5,7,10-11,20H,8-9H2,1-2H3,(H,17,21). The zero-order chi connectivity index (χ0) is 15.2. The number of carbonyl (C=O) groups excluding carboxylic acids is 1. The lowest BCUT2D eigenvalue weighted by molar-refractivity contribution is 0.0950. The number of nitrogens with one attached hydrogen (secondary N) is 1. The number of aryl methyl sites for hydroxylation is 1. The molecule has 0 saturated carbocycles. The first-order valence-corrected chi connectivity index (χ1v) is 6.57. The molecule has 108 valence electrons. The van der Waals surface area contributed by atoms with Gasteiger partial charge < -0.3 is 10.4 Å². The van der Waals surface area contributed by atoms with Crippen LogP contribution in [-0.2, 0) is 13.6 Å². The number of amides is 1. The molecule has 0 aliphatic heterocycles. The SMILES string of the molecule is Cc1c(C#CCO)cccc1C(=O)NCc1cnn(C)c1. The van der Waals surface area contributed by atoms with E-state index in [0.29, 0.717) is 12.1 Å². The lowest BCUT2D eigenvalue weighted by Crippen LogP contribution is -2.23. The fourth-order valence-electron chi connectivity index (χ4n) is 1.99. The van der Waals surface area contributed by atoms with Crippen LogP contribution in [0.4, 0.5) is 0 Å². The third kappa shape index (κ3) is 3.71. The van der Waals surface area contributed by atoms with Crippen molar-refractivity contribution in [1.29, 1.82) is 0 Å². The summed E-state index contributed by atoms with van der Waals surface area (Å²) in [6.07, 6.45) is 3.58. The molecule has 0 saturated heterocycles. The normalized spacial score (nSPS) is 9.86. The van der Waals surface area contributed by atoms with Gasteiger partial charge in [-0.2, -0.15) is 5.10 Å². The summed E-state index contributed by atoms with van der Waals surface area (Å²) < 4.78 is 1.69. The number of aliphatic hydroxyl groups is 1. The number of benzene rings is 1. The average molecular weight is 283 g/mol. The fraction of sp³-hybridized carbons (Fsp3) is 0.250. The van der Waals surface area contributed by atoms with E-state index in [1.807, 2.05) is 26.2 Å². The minimum absolute atomic E-state index is 0.149. The van der Waals surface area contributed by atoms with E-state index in [1.165, 1.54) is 0 Å². The van der Waals surface area contributed by atoms with E-state index in [1.54, 1.807) is 23.0 Å². The molecule has 0 unspecified atom stereocenters. The van der Waals surface area contributed by atoms with E-state index in [9.17, 15) is 4.79 Å². The molecule has 0 bridgehead atoms. The van der Waals surface area contributed by atoms with Crippen LogP contribution in [0.15, 0.2) is 30.6 Å². The van der Waals surface area contributed by atoms with E-state index in [-0.39, 0.29) is 12.5 Å². The highest BCUT2D eigenvalue weighted by atomic mass is 16.2. The molecule has 0 atom stereocenters. The molecule has 2 N–H and O–H groups in total. The molecule has 5 nitrogen and oxygen atoms in total. The Balaban J connectivity index is 2.12. The number of aromatic nitrogens is 2. The molecule has 21 heavy (non-hydrogen) atoms. The minimum Gasteiger partial charge on any atom is -0.384 e. The molecule has 5 heteroatoms. The summed E-state index contributed by atoms with van der Waals surface area (Å²) in [6, 6.07) is 5.38. The number of carbonyl (C=O) groups is 1. The maximum atomic E-state index is 12.2. The summed E-state index contributed by atoms with van der Waals surface area (Å²) in [5.74, 6) is 5.29. The molecule has 0 radical (unpaired) electrons. The smallest absolute Gasteiger partial charge is 0.251 e. The van der Waals surface area contributed by atoms with Crippen molar-refractivity contribution in [2.45, 2.75) is 13.5 Å². The number of hydrogen-bond acceptors (Lipinski definition) is 3. The molecular formula is C16H17N3O2. The summed E-state index contributed by atoms with van der Waals surface area (Å²) in [5.41, 5.74) is 3.09. The van der Waals surface area contributed by atoms with Crippen molar-refractivity contribution in [3.8, 4) is 11.8 Å². The van der Waals surface area contributed by atoms with Gasteiger partial charge in [-0.1, -0.05) is 17.9 Å². The van der Waals surface area contributed by atoms with Crippen LogP contribution in [0.2, 0.25) is 0 Å². The maximum absolute atomic E-state index is 12.2. The zero-order valence-electron chi connectivity index (χ0n) is 12.1. The van der Waals surface area contributed by atoms with Gasteiger partial charge in [0.05, 0.1) is 6.20 Å². The molecule has 1 amide bonds. The number of aliphatic hydroxyl groups excluding tert-OH is 1.